The highest BCUT2D eigenvalue weighted by molar-refractivity contribution is 4.85. The monoisotopic (exact) mass is 201 g/mol. The number of likely N-dealkylation sites (N-methyl/N-ethyl adjacent to an activating group) is 1. The summed E-state index contributed by atoms with van der Waals surface area (Å²) in [5, 5.41) is 10.2. The van der Waals surface area contributed by atoms with Gasteiger partial charge in [-0.05, 0) is 7.05 Å². The Bertz CT molecular complexity index is 188. The molecule has 4 nitrogen and oxygen atoms in total. The molecule has 2 fully saturated rings. The molecular formula is C10H19NO3. The third-order valence-corrected chi connectivity index (χ3v) is 2.91. The molecule has 82 valence electrons. The first-order chi connectivity index (χ1) is 6.68. The van der Waals surface area contributed by atoms with Gasteiger partial charge in [0.2, 0.25) is 0 Å². The fourth-order valence-electron chi connectivity index (χ4n) is 2.00. The van der Waals surface area contributed by atoms with Crippen LogP contribution in [-0.2, 0) is 9.47 Å². The minimum atomic E-state index is -0.540. The first-order valence-corrected chi connectivity index (χ1v) is 5.28. The highest BCUT2D eigenvalue weighted by atomic mass is 16.6. The van der Waals surface area contributed by atoms with Gasteiger partial charge in [-0.3, -0.25) is 0 Å². The Kier molecular flexibility index (Phi) is 3.07. The SMILES string of the molecule is CN(CC1CO1)CC1(O)CCOCC1. The van der Waals surface area contributed by atoms with Gasteiger partial charge in [0.05, 0.1) is 18.3 Å². The summed E-state index contributed by atoms with van der Waals surface area (Å²) >= 11 is 0. The summed E-state index contributed by atoms with van der Waals surface area (Å²) in [5.74, 6) is 0. The van der Waals surface area contributed by atoms with Crippen molar-refractivity contribution in [1.29, 1.82) is 0 Å². The number of aliphatic hydroxyl groups is 1. The fourth-order valence-corrected chi connectivity index (χ4v) is 2.00. The summed E-state index contributed by atoms with van der Waals surface area (Å²) < 4.78 is 10.4. The Balaban J connectivity index is 1.75. The van der Waals surface area contributed by atoms with Crippen LogP contribution in [0.3, 0.4) is 0 Å². The molecule has 1 atom stereocenters. The quantitative estimate of drug-likeness (QED) is 0.643. The molecule has 0 spiro atoms. The Morgan fingerprint density at radius 3 is 2.64 bits per heavy atom. The van der Waals surface area contributed by atoms with E-state index in [9.17, 15) is 5.11 Å². The zero-order valence-corrected chi connectivity index (χ0v) is 8.74. The summed E-state index contributed by atoms with van der Waals surface area (Å²) in [5.41, 5.74) is -0.540. The lowest BCUT2D eigenvalue weighted by molar-refractivity contribution is -0.0771. The molecule has 4 heteroatoms. The van der Waals surface area contributed by atoms with E-state index in [2.05, 4.69) is 4.90 Å². The van der Waals surface area contributed by atoms with Crippen LogP contribution in [0.15, 0.2) is 0 Å². The standard InChI is InChI=1S/C10H19NO3/c1-11(6-9-7-14-9)8-10(12)2-4-13-5-3-10/h9,12H,2-8H2,1H3. The van der Waals surface area contributed by atoms with Crippen LogP contribution < -0.4 is 0 Å². The molecule has 2 aliphatic heterocycles. The van der Waals surface area contributed by atoms with Crippen LogP contribution in [0.5, 0.6) is 0 Å². The van der Waals surface area contributed by atoms with Crippen LogP contribution in [0.25, 0.3) is 0 Å². The van der Waals surface area contributed by atoms with Gasteiger partial charge in [-0.15, -0.1) is 0 Å². The Labute approximate surface area is 84.8 Å². The first kappa shape index (κ1) is 10.4. The molecule has 0 aromatic heterocycles. The lowest BCUT2D eigenvalue weighted by Gasteiger charge is -2.35. The predicted octanol–water partition coefficient (Wildman–Crippen LogP) is -0.142. The number of rotatable bonds is 4. The highest BCUT2D eigenvalue weighted by Crippen LogP contribution is 2.22. The van der Waals surface area contributed by atoms with Crippen LogP contribution in [0.2, 0.25) is 0 Å². The van der Waals surface area contributed by atoms with Gasteiger partial charge in [-0.25, -0.2) is 0 Å². The van der Waals surface area contributed by atoms with Crippen LogP contribution >= 0.6 is 0 Å². The first-order valence-electron chi connectivity index (χ1n) is 5.28. The number of hydrogen-bond donors (Lipinski definition) is 1. The second-order valence-electron chi connectivity index (χ2n) is 4.49. The number of hydrogen-bond acceptors (Lipinski definition) is 4. The van der Waals surface area contributed by atoms with Crippen molar-refractivity contribution in [3.63, 3.8) is 0 Å². The van der Waals surface area contributed by atoms with Gasteiger partial charge >= 0.3 is 0 Å². The van der Waals surface area contributed by atoms with E-state index in [0.717, 1.165) is 32.5 Å². The van der Waals surface area contributed by atoms with E-state index < -0.39 is 5.60 Å². The van der Waals surface area contributed by atoms with Crippen molar-refractivity contribution >= 4 is 0 Å². The van der Waals surface area contributed by atoms with Gasteiger partial charge in [0, 0.05) is 39.1 Å². The van der Waals surface area contributed by atoms with Gasteiger partial charge in [0.15, 0.2) is 0 Å². The lowest BCUT2D eigenvalue weighted by Crippen LogP contribution is -2.46. The molecule has 0 radical (unpaired) electrons. The molecule has 0 saturated carbocycles. The van der Waals surface area contributed by atoms with Gasteiger partial charge in [0.25, 0.3) is 0 Å². The minimum Gasteiger partial charge on any atom is -0.388 e. The van der Waals surface area contributed by atoms with Crippen molar-refractivity contribution in [2.45, 2.75) is 24.5 Å². The van der Waals surface area contributed by atoms with Crippen molar-refractivity contribution in [2.24, 2.45) is 0 Å². The Hall–Kier alpha value is -0.160. The van der Waals surface area contributed by atoms with Crippen molar-refractivity contribution in [1.82, 2.24) is 4.90 Å². The summed E-state index contributed by atoms with van der Waals surface area (Å²) in [7, 11) is 2.04. The summed E-state index contributed by atoms with van der Waals surface area (Å²) in [4.78, 5) is 2.16. The summed E-state index contributed by atoms with van der Waals surface area (Å²) in [6, 6.07) is 0. The van der Waals surface area contributed by atoms with E-state index in [0.29, 0.717) is 19.3 Å². The Morgan fingerprint density at radius 2 is 2.07 bits per heavy atom. The van der Waals surface area contributed by atoms with Crippen LogP contribution in [0.4, 0.5) is 0 Å². The van der Waals surface area contributed by atoms with Crippen LogP contribution in [-0.4, -0.2) is 61.7 Å². The topological polar surface area (TPSA) is 45.2 Å². The molecule has 2 saturated heterocycles. The molecule has 0 aliphatic carbocycles. The lowest BCUT2D eigenvalue weighted by atomic mass is 9.94. The van der Waals surface area contributed by atoms with Crippen molar-refractivity contribution in [2.75, 3.05) is 40.0 Å². The van der Waals surface area contributed by atoms with E-state index in [1.54, 1.807) is 0 Å². The average molecular weight is 201 g/mol. The summed E-state index contributed by atoms with van der Waals surface area (Å²) in [6.07, 6.45) is 1.91. The van der Waals surface area contributed by atoms with Gasteiger partial charge in [-0.1, -0.05) is 0 Å². The molecule has 2 aliphatic rings. The molecule has 1 unspecified atom stereocenters. The second kappa shape index (κ2) is 4.14. The van der Waals surface area contributed by atoms with E-state index >= 15 is 0 Å². The molecule has 0 amide bonds. The second-order valence-corrected chi connectivity index (χ2v) is 4.49. The van der Waals surface area contributed by atoms with Crippen LogP contribution in [0.1, 0.15) is 12.8 Å². The molecule has 0 aromatic rings. The van der Waals surface area contributed by atoms with Crippen molar-refractivity contribution in [3.8, 4) is 0 Å². The van der Waals surface area contributed by atoms with Crippen molar-refractivity contribution < 1.29 is 14.6 Å². The molecule has 2 heterocycles. The molecule has 1 N–H and O–H groups in total. The van der Waals surface area contributed by atoms with E-state index in [1.807, 2.05) is 7.05 Å². The predicted molar refractivity (Wildman–Crippen MR) is 52.2 cm³/mol. The largest absolute Gasteiger partial charge is 0.388 e. The van der Waals surface area contributed by atoms with Gasteiger partial charge in [-0.2, -0.15) is 0 Å². The molecule has 0 bridgehead atoms. The zero-order chi connectivity index (χ0) is 10.0. The van der Waals surface area contributed by atoms with Gasteiger partial charge < -0.3 is 19.5 Å². The number of ether oxygens (including phenoxy) is 2. The number of nitrogens with zero attached hydrogens (tertiary/aromatic N) is 1. The molecular weight excluding hydrogens is 182 g/mol. The van der Waals surface area contributed by atoms with E-state index in [-0.39, 0.29) is 0 Å². The smallest absolute Gasteiger partial charge is 0.0936 e. The molecule has 2 rings (SSSR count). The molecule has 14 heavy (non-hydrogen) atoms. The number of epoxide rings is 1. The normalized spacial score (nSPS) is 30.6. The van der Waals surface area contributed by atoms with E-state index in [4.69, 9.17) is 9.47 Å². The maximum absolute atomic E-state index is 10.2. The maximum atomic E-state index is 10.2. The maximum Gasteiger partial charge on any atom is 0.0936 e. The third-order valence-electron chi connectivity index (χ3n) is 2.91. The highest BCUT2D eigenvalue weighted by Gasteiger charge is 2.33. The van der Waals surface area contributed by atoms with E-state index in [1.165, 1.54) is 0 Å². The third kappa shape index (κ3) is 2.92. The Morgan fingerprint density at radius 1 is 1.43 bits per heavy atom. The van der Waals surface area contributed by atoms with Crippen molar-refractivity contribution in [3.05, 3.63) is 0 Å². The minimum absolute atomic E-state index is 0.406. The van der Waals surface area contributed by atoms with Crippen LogP contribution in [0, 0.1) is 0 Å². The van der Waals surface area contributed by atoms with Gasteiger partial charge in [0.1, 0.15) is 0 Å². The summed E-state index contributed by atoms with van der Waals surface area (Å²) in [6.45, 7) is 3.92. The average Bonchev–Trinajstić information content (AvgIpc) is 2.88. The zero-order valence-electron chi connectivity index (χ0n) is 8.74. The fraction of sp³-hybridized carbons (Fsp3) is 1.00. The molecule has 0 aromatic carbocycles.